The van der Waals surface area contributed by atoms with E-state index in [0.717, 1.165) is 53.8 Å². The Bertz CT molecular complexity index is 1290. The molecular weight excluding hydrogens is 407 g/mol. The fraction of sp³-hybridized carbons (Fsp3) is 0.304. The Morgan fingerprint density at radius 3 is 2.81 bits per heavy atom. The van der Waals surface area contributed by atoms with Gasteiger partial charge in [0.15, 0.2) is 5.82 Å². The summed E-state index contributed by atoms with van der Waals surface area (Å²) in [5.41, 5.74) is 5.06. The first-order valence-corrected chi connectivity index (χ1v) is 10.8. The summed E-state index contributed by atoms with van der Waals surface area (Å²) in [6, 6.07) is 8.37. The molecular formula is C23H23FN8. The zero-order valence-corrected chi connectivity index (χ0v) is 17.7. The van der Waals surface area contributed by atoms with E-state index in [1.807, 2.05) is 28.6 Å². The molecule has 3 aromatic heterocycles. The molecule has 1 aromatic carbocycles. The molecule has 0 saturated heterocycles. The maximum Gasteiger partial charge on any atom is 0.159 e. The molecule has 1 aliphatic carbocycles. The van der Waals surface area contributed by atoms with Gasteiger partial charge in [0.2, 0.25) is 0 Å². The van der Waals surface area contributed by atoms with E-state index in [2.05, 4.69) is 25.7 Å². The number of nitrogens with zero attached hydrogens (tertiary/aromatic N) is 6. The molecule has 0 spiro atoms. The molecule has 1 aliphatic heterocycles. The summed E-state index contributed by atoms with van der Waals surface area (Å²) in [6.45, 7) is 4.49. The van der Waals surface area contributed by atoms with Crippen LogP contribution in [0.3, 0.4) is 0 Å². The van der Waals surface area contributed by atoms with E-state index in [0.29, 0.717) is 11.7 Å². The minimum Gasteiger partial charge on any atom is -0.325 e. The number of rotatable bonds is 6. The Kier molecular flexibility index (Phi) is 4.50. The highest BCUT2D eigenvalue weighted by molar-refractivity contribution is 5.71. The van der Waals surface area contributed by atoms with Crippen LogP contribution in [0.25, 0.3) is 17.1 Å². The number of nitrogens with one attached hydrogen (secondary N) is 2. The van der Waals surface area contributed by atoms with Gasteiger partial charge in [-0.3, -0.25) is 0 Å². The highest BCUT2D eigenvalue weighted by Gasteiger charge is 2.26. The molecule has 162 valence electrons. The molecule has 9 heteroatoms. The van der Waals surface area contributed by atoms with Crippen molar-refractivity contribution in [3.63, 3.8) is 0 Å². The molecule has 4 aromatic rings. The van der Waals surface area contributed by atoms with Crippen molar-refractivity contribution in [1.82, 2.24) is 34.8 Å². The summed E-state index contributed by atoms with van der Waals surface area (Å²) >= 11 is 0. The largest absolute Gasteiger partial charge is 0.325 e. The van der Waals surface area contributed by atoms with Crippen LogP contribution in [0.4, 0.5) is 16.0 Å². The number of halogens is 1. The zero-order valence-electron chi connectivity index (χ0n) is 17.7. The molecule has 4 heterocycles. The molecule has 1 fully saturated rings. The van der Waals surface area contributed by atoms with Crippen LogP contribution in [-0.4, -0.2) is 29.5 Å². The summed E-state index contributed by atoms with van der Waals surface area (Å²) in [6.07, 6.45) is 5.88. The van der Waals surface area contributed by atoms with E-state index in [1.165, 1.54) is 30.5 Å². The topological polar surface area (TPSA) is 85.5 Å². The van der Waals surface area contributed by atoms with Gasteiger partial charge in [0.1, 0.15) is 23.8 Å². The van der Waals surface area contributed by atoms with Crippen LogP contribution < -0.4 is 10.6 Å². The van der Waals surface area contributed by atoms with Crippen molar-refractivity contribution in [3.05, 3.63) is 65.5 Å². The van der Waals surface area contributed by atoms with Crippen LogP contribution in [0.2, 0.25) is 0 Å². The van der Waals surface area contributed by atoms with Crippen LogP contribution in [0.5, 0.6) is 0 Å². The fourth-order valence-electron chi connectivity index (χ4n) is 4.18. The predicted molar refractivity (Wildman–Crippen MR) is 118 cm³/mol. The molecule has 2 aliphatic rings. The Balaban J connectivity index is 1.36. The van der Waals surface area contributed by atoms with Crippen molar-refractivity contribution >= 4 is 11.6 Å². The second-order valence-electron chi connectivity index (χ2n) is 8.47. The molecule has 0 bridgehead atoms. The van der Waals surface area contributed by atoms with Crippen LogP contribution in [-0.2, 0) is 19.6 Å². The fourth-order valence-corrected chi connectivity index (χ4v) is 4.18. The quantitative estimate of drug-likeness (QED) is 0.485. The van der Waals surface area contributed by atoms with E-state index in [1.54, 1.807) is 18.5 Å². The maximum atomic E-state index is 13.4. The monoisotopic (exact) mass is 430 g/mol. The minimum absolute atomic E-state index is 0.254. The molecule has 0 radical (unpaired) electrons. The van der Waals surface area contributed by atoms with E-state index in [9.17, 15) is 4.39 Å². The summed E-state index contributed by atoms with van der Waals surface area (Å²) in [4.78, 5) is 8.87. The Morgan fingerprint density at radius 1 is 1.16 bits per heavy atom. The first-order chi connectivity index (χ1) is 15.7. The average Bonchev–Trinajstić information content (AvgIpc) is 3.21. The van der Waals surface area contributed by atoms with Gasteiger partial charge in [-0.1, -0.05) is 0 Å². The lowest BCUT2D eigenvalue weighted by molar-refractivity contribution is 0.571. The summed E-state index contributed by atoms with van der Waals surface area (Å²) in [5, 5.41) is 16.2. The first kappa shape index (κ1) is 19.1. The third-order valence-electron chi connectivity index (χ3n) is 6.11. The normalized spacial score (nSPS) is 15.2. The Morgan fingerprint density at radius 2 is 2.00 bits per heavy atom. The molecule has 0 amide bonds. The van der Waals surface area contributed by atoms with Gasteiger partial charge >= 0.3 is 0 Å². The van der Waals surface area contributed by atoms with Crippen molar-refractivity contribution in [3.8, 4) is 17.1 Å². The molecule has 0 atom stereocenters. The average molecular weight is 430 g/mol. The summed E-state index contributed by atoms with van der Waals surface area (Å²) in [7, 11) is 0. The van der Waals surface area contributed by atoms with Crippen molar-refractivity contribution < 1.29 is 4.39 Å². The van der Waals surface area contributed by atoms with E-state index in [-0.39, 0.29) is 5.82 Å². The first-order valence-electron chi connectivity index (χ1n) is 10.8. The van der Waals surface area contributed by atoms with Crippen LogP contribution in [0.1, 0.15) is 29.7 Å². The molecule has 6 rings (SSSR count). The SMILES string of the molecule is Cc1c(-c2ccc(F)cc2)nn(CC2CC2)c1Nc1cc(-n2ncc3c2CNC3)ncn1. The predicted octanol–water partition coefficient (Wildman–Crippen LogP) is 3.73. The number of aromatic nitrogens is 6. The zero-order chi connectivity index (χ0) is 21.7. The van der Waals surface area contributed by atoms with Gasteiger partial charge in [0.05, 0.1) is 17.6 Å². The van der Waals surface area contributed by atoms with Gasteiger partial charge in [0, 0.05) is 42.4 Å². The van der Waals surface area contributed by atoms with E-state index < -0.39 is 0 Å². The molecule has 32 heavy (non-hydrogen) atoms. The molecule has 1 saturated carbocycles. The van der Waals surface area contributed by atoms with Crippen LogP contribution in [0.15, 0.2) is 42.9 Å². The van der Waals surface area contributed by atoms with Gasteiger partial charge in [-0.05, 0) is 49.9 Å². The number of benzene rings is 1. The van der Waals surface area contributed by atoms with Crippen molar-refractivity contribution in [2.75, 3.05) is 5.32 Å². The number of hydrogen-bond acceptors (Lipinski definition) is 6. The van der Waals surface area contributed by atoms with Crippen molar-refractivity contribution in [2.45, 2.75) is 39.4 Å². The highest BCUT2D eigenvalue weighted by Crippen LogP contribution is 2.35. The van der Waals surface area contributed by atoms with Crippen molar-refractivity contribution in [2.24, 2.45) is 5.92 Å². The third kappa shape index (κ3) is 3.44. The van der Waals surface area contributed by atoms with Crippen LogP contribution in [0, 0.1) is 18.7 Å². The molecule has 0 unspecified atom stereocenters. The van der Waals surface area contributed by atoms with Gasteiger partial charge in [-0.2, -0.15) is 10.2 Å². The molecule has 8 nitrogen and oxygen atoms in total. The standard InChI is InChI=1S/C23H23FN8/c1-14-22(16-4-6-18(24)7-5-16)30-31(12-15-2-3-15)23(14)29-20-8-21(27-13-26-20)32-19-11-25-9-17(19)10-28-32/h4-8,10,13,15,25H,2-3,9,11-12H2,1H3,(H,26,27,29). The molecule has 2 N–H and O–H groups in total. The lowest BCUT2D eigenvalue weighted by atomic mass is 10.1. The Labute approximate surface area is 184 Å². The highest BCUT2D eigenvalue weighted by atomic mass is 19.1. The minimum atomic E-state index is -0.254. The lowest BCUT2D eigenvalue weighted by Crippen LogP contribution is -2.10. The van der Waals surface area contributed by atoms with E-state index >= 15 is 0 Å². The second kappa shape index (κ2) is 7.52. The van der Waals surface area contributed by atoms with Gasteiger partial charge in [-0.25, -0.2) is 23.7 Å². The second-order valence-corrected chi connectivity index (χ2v) is 8.47. The Hall–Kier alpha value is -3.59. The number of fused-ring (bicyclic) bond motifs is 1. The summed E-state index contributed by atoms with van der Waals surface area (Å²) in [5.74, 6) is 2.69. The van der Waals surface area contributed by atoms with Gasteiger partial charge in [0.25, 0.3) is 0 Å². The maximum absolute atomic E-state index is 13.4. The third-order valence-corrected chi connectivity index (χ3v) is 6.11. The van der Waals surface area contributed by atoms with Gasteiger partial charge in [-0.15, -0.1) is 0 Å². The summed E-state index contributed by atoms with van der Waals surface area (Å²) < 4.78 is 17.3. The smallest absolute Gasteiger partial charge is 0.159 e. The van der Waals surface area contributed by atoms with Crippen LogP contribution >= 0.6 is 0 Å². The van der Waals surface area contributed by atoms with Crippen molar-refractivity contribution in [1.29, 1.82) is 0 Å². The van der Waals surface area contributed by atoms with Gasteiger partial charge < -0.3 is 10.6 Å². The number of anilines is 2. The lowest BCUT2D eigenvalue weighted by Gasteiger charge is -2.11. The van der Waals surface area contributed by atoms with E-state index in [4.69, 9.17) is 5.10 Å². The number of hydrogen-bond donors (Lipinski definition) is 2.